The van der Waals surface area contributed by atoms with E-state index in [9.17, 15) is 0 Å². The molecule has 0 unspecified atom stereocenters. The maximum atomic E-state index is 6.39. The van der Waals surface area contributed by atoms with Crippen LogP contribution in [0.15, 0.2) is 52.9 Å². The van der Waals surface area contributed by atoms with Gasteiger partial charge in [0.05, 0.1) is 11.2 Å². The van der Waals surface area contributed by atoms with Crippen LogP contribution in [0.1, 0.15) is 11.3 Å². The number of pyridine rings is 2. The molecule has 0 amide bonds. The number of nitrogen functional groups attached to an aromatic ring is 1. The SMILES string of the molecule is Nc1nc(Cl)cnc1Sc1ccnc(C#Cc2cccnc2)c1Cl. The van der Waals surface area contributed by atoms with Crippen molar-refractivity contribution >= 4 is 40.8 Å². The molecule has 0 saturated carbocycles. The number of nitrogens with zero attached hydrogens (tertiary/aromatic N) is 4. The Balaban J connectivity index is 1.90. The van der Waals surface area contributed by atoms with Crippen molar-refractivity contribution in [3.63, 3.8) is 0 Å². The summed E-state index contributed by atoms with van der Waals surface area (Å²) < 4.78 is 0. The Morgan fingerprint density at radius 2 is 1.92 bits per heavy atom. The lowest BCUT2D eigenvalue weighted by molar-refractivity contribution is 1.07. The molecule has 0 aliphatic carbocycles. The smallest absolute Gasteiger partial charge is 0.158 e. The summed E-state index contributed by atoms with van der Waals surface area (Å²) in [5, 5.41) is 1.18. The topological polar surface area (TPSA) is 77.6 Å². The van der Waals surface area contributed by atoms with E-state index in [2.05, 4.69) is 31.8 Å². The van der Waals surface area contributed by atoms with Gasteiger partial charge in [0, 0.05) is 29.0 Å². The van der Waals surface area contributed by atoms with Gasteiger partial charge >= 0.3 is 0 Å². The molecule has 0 spiro atoms. The summed E-state index contributed by atoms with van der Waals surface area (Å²) in [6, 6.07) is 5.43. The molecule has 8 heteroatoms. The second kappa shape index (κ2) is 7.49. The zero-order valence-corrected chi connectivity index (χ0v) is 14.4. The highest BCUT2D eigenvalue weighted by Crippen LogP contribution is 2.35. The highest BCUT2D eigenvalue weighted by Gasteiger charge is 2.11. The molecule has 3 aromatic rings. The highest BCUT2D eigenvalue weighted by atomic mass is 35.5. The van der Waals surface area contributed by atoms with Crippen LogP contribution >= 0.6 is 35.0 Å². The van der Waals surface area contributed by atoms with Crippen LogP contribution in [0.5, 0.6) is 0 Å². The van der Waals surface area contributed by atoms with Gasteiger partial charge in [0.1, 0.15) is 15.9 Å². The monoisotopic (exact) mass is 373 g/mol. The first-order chi connectivity index (χ1) is 11.6. The molecule has 3 rings (SSSR count). The summed E-state index contributed by atoms with van der Waals surface area (Å²) in [7, 11) is 0. The van der Waals surface area contributed by atoms with E-state index < -0.39 is 0 Å². The Labute approximate surface area is 152 Å². The summed E-state index contributed by atoms with van der Waals surface area (Å²) in [5.74, 6) is 6.16. The first-order valence-corrected chi connectivity index (χ1v) is 8.23. The van der Waals surface area contributed by atoms with Gasteiger partial charge in [-0.2, -0.15) is 0 Å². The molecule has 0 atom stereocenters. The summed E-state index contributed by atoms with van der Waals surface area (Å²) in [5.41, 5.74) is 7.06. The Bertz CT molecular complexity index is 938. The second-order valence-corrected chi connectivity index (χ2v) is 6.24. The largest absolute Gasteiger partial charge is 0.381 e. The minimum Gasteiger partial charge on any atom is -0.381 e. The fourth-order valence-electron chi connectivity index (χ4n) is 1.71. The quantitative estimate of drug-likeness (QED) is 0.689. The predicted octanol–water partition coefficient (Wildman–Crippen LogP) is 3.71. The van der Waals surface area contributed by atoms with Crippen molar-refractivity contribution in [2.45, 2.75) is 9.92 Å². The average Bonchev–Trinajstić information content (AvgIpc) is 2.59. The van der Waals surface area contributed by atoms with E-state index in [0.717, 1.165) is 10.5 Å². The predicted molar refractivity (Wildman–Crippen MR) is 95.0 cm³/mol. The minimum atomic E-state index is 0.237. The molecule has 0 fully saturated rings. The molecule has 118 valence electrons. The van der Waals surface area contributed by atoms with Gasteiger partial charge in [0.2, 0.25) is 0 Å². The molecule has 0 aliphatic heterocycles. The molecular weight excluding hydrogens is 365 g/mol. The van der Waals surface area contributed by atoms with Gasteiger partial charge in [0.25, 0.3) is 0 Å². The van der Waals surface area contributed by atoms with Gasteiger partial charge in [-0.05, 0) is 24.1 Å². The van der Waals surface area contributed by atoms with E-state index in [-0.39, 0.29) is 11.0 Å². The maximum absolute atomic E-state index is 6.39. The molecule has 0 bridgehead atoms. The fraction of sp³-hybridized carbons (Fsp3) is 0. The molecule has 0 aromatic carbocycles. The van der Waals surface area contributed by atoms with E-state index in [1.165, 1.54) is 18.0 Å². The summed E-state index contributed by atoms with van der Waals surface area (Å²) in [6.45, 7) is 0. The molecule has 3 aromatic heterocycles. The van der Waals surface area contributed by atoms with E-state index in [4.69, 9.17) is 28.9 Å². The van der Waals surface area contributed by atoms with Crippen molar-refractivity contribution in [3.05, 3.63) is 64.4 Å². The van der Waals surface area contributed by atoms with Crippen LogP contribution in [-0.2, 0) is 0 Å². The van der Waals surface area contributed by atoms with Crippen molar-refractivity contribution in [1.82, 2.24) is 19.9 Å². The van der Waals surface area contributed by atoms with Crippen LogP contribution in [0.3, 0.4) is 0 Å². The molecule has 0 radical (unpaired) electrons. The second-order valence-electron chi connectivity index (χ2n) is 4.45. The van der Waals surface area contributed by atoms with Crippen molar-refractivity contribution in [1.29, 1.82) is 0 Å². The standard InChI is InChI=1S/C16H9Cl2N5S/c17-13-9-22-16(15(19)23-13)24-12-5-7-21-11(14(12)18)4-3-10-2-1-6-20-8-10/h1-2,5-9H,(H2,19,23). The summed E-state index contributed by atoms with van der Waals surface area (Å²) in [6.07, 6.45) is 6.41. The van der Waals surface area contributed by atoms with E-state index >= 15 is 0 Å². The first kappa shape index (κ1) is 16.5. The summed E-state index contributed by atoms with van der Waals surface area (Å²) in [4.78, 5) is 17.1. The van der Waals surface area contributed by atoms with Crippen LogP contribution in [-0.4, -0.2) is 19.9 Å². The van der Waals surface area contributed by atoms with Crippen molar-refractivity contribution in [2.75, 3.05) is 5.73 Å². The van der Waals surface area contributed by atoms with E-state index in [0.29, 0.717) is 15.7 Å². The average molecular weight is 374 g/mol. The number of halogens is 2. The molecule has 0 saturated heterocycles. The molecule has 24 heavy (non-hydrogen) atoms. The Morgan fingerprint density at radius 3 is 2.67 bits per heavy atom. The fourth-order valence-corrected chi connectivity index (χ4v) is 2.91. The van der Waals surface area contributed by atoms with Gasteiger partial charge in [-0.1, -0.05) is 40.9 Å². The van der Waals surface area contributed by atoms with Gasteiger partial charge in [-0.3, -0.25) is 4.98 Å². The third-order valence-electron chi connectivity index (χ3n) is 2.78. The van der Waals surface area contributed by atoms with E-state index in [1.807, 2.05) is 12.1 Å². The Morgan fingerprint density at radius 1 is 1.04 bits per heavy atom. The highest BCUT2D eigenvalue weighted by molar-refractivity contribution is 7.99. The molecule has 5 nitrogen and oxygen atoms in total. The van der Waals surface area contributed by atoms with Gasteiger partial charge in [-0.15, -0.1) is 0 Å². The normalized spacial score (nSPS) is 10.1. The van der Waals surface area contributed by atoms with Crippen LogP contribution in [0, 0.1) is 11.8 Å². The Hall–Kier alpha value is -2.33. The number of hydrogen-bond acceptors (Lipinski definition) is 6. The Kier molecular flexibility index (Phi) is 5.16. The number of rotatable bonds is 2. The lowest BCUT2D eigenvalue weighted by atomic mass is 10.2. The first-order valence-electron chi connectivity index (χ1n) is 6.66. The van der Waals surface area contributed by atoms with Crippen molar-refractivity contribution < 1.29 is 0 Å². The van der Waals surface area contributed by atoms with Crippen molar-refractivity contribution in [3.8, 4) is 11.8 Å². The van der Waals surface area contributed by atoms with E-state index in [1.54, 1.807) is 24.7 Å². The number of nitrogens with two attached hydrogens (primary N) is 1. The molecule has 0 aliphatic rings. The van der Waals surface area contributed by atoms with Crippen LogP contribution < -0.4 is 5.73 Å². The minimum absolute atomic E-state index is 0.237. The summed E-state index contributed by atoms with van der Waals surface area (Å²) >= 11 is 13.4. The number of anilines is 1. The van der Waals surface area contributed by atoms with Crippen LogP contribution in [0.25, 0.3) is 0 Å². The van der Waals surface area contributed by atoms with Crippen LogP contribution in [0.2, 0.25) is 10.2 Å². The molecule has 2 N–H and O–H groups in total. The maximum Gasteiger partial charge on any atom is 0.158 e. The lowest BCUT2D eigenvalue weighted by Gasteiger charge is -2.06. The third kappa shape index (κ3) is 3.95. The van der Waals surface area contributed by atoms with Gasteiger partial charge in [0.15, 0.2) is 5.82 Å². The zero-order chi connectivity index (χ0) is 16.9. The third-order valence-corrected chi connectivity index (χ3v) is 4.53. The van der Waals surface area contributed by atoms with Gasteiger partial charge < -0.3 is 5.73 Å². The zero-order valence-electron chi connectivity index (χ0n) is 12.1. The van der Waals surface area contributed by atoms with Crippen LogP contribution in [0.4, 0.5) is 5.82 Å². The molecular formula is C16H9Cl2N5S. The number of hydrogen-bond donors (Lipinski definition) is 1. The lowest BCUT2D eigenvalue weighted by Crippen LogP contribution is -1.96. The number of aromatic nitrogens is 4. The van der Waals surface area contributed by atoms with Crippen molar-refractivity contribution in [2.24, 2.45) is 0 Å². The van der Waals surface area contributed by atoms with Gasteiger partial charge in [-0.25, -0.2) is 15.0 Å². The molecule has 3 heterocycles.